The van der Waals surface area contributed by atoms with Crippen LogP contribution in [-0.2, 0) is 6.54 Å². The summed E-state index contributed by atoms with van der Waals surface area (Å²) >= 11 is 6.61. The van der Waals surface area contributed by atoms with Gasteiger partial charge < -0.3 is 15.6 Å². The number of hydrogen-bond donors (Lipinski definition) is 3. The van der Waals surface area contributed by atoms with Gasteiger partial charge in [-0.2, -0.15) is 0 Å². The predicted octanol–water partition coefficient (Wildman–Crippen LogP) is 6.43. The Kier molecular flexibility index (Phi) is 6.72. The largest absolute Gasteiger partial charge is 0.388 e. The van der Waals surface area contributed by atoms with E-state index in [2.05, 4.69) is 20.6 Å². The Morgan fingerprint density at radius 2 is 1.73 bits per heavy atom. The zero-order valence-electron chi connectivity index (χ0n) is 21.5. The van der Waals surface area contributed by atoms with E-state index >= 15 is 0 Å². The van der Waals surface area contributed by atoms with Crippen LogP contribution in [0, 0.1) is 0 Å². The number of amides is 1. The first-order valence-electron chi connectivity index (χ1n) is 12.7. The van der Waals surface area contributed by atoms with Gasteiger partial charge >= 0.3 is 0 Å². The highest BCUT2D eigenvalue weighted by Gasteiger charge is 2.16. The minimum absolute atomic E-state index is 0.148. The van der Waals surface area contributed by atoms with Crippen LogP contribution in [0.25, 0.3) is 44.3 Å². The van der Waals surface area contributed by atoms with Gasteiger partial charge in [0.15, 0.2) is 5.43 Å². The number of aromatic amines is 1. The third-order valence-electron chi connectivity index (χ3n) is 6.76. The van der Waals surface area contributed by atoms with Gasteiger partial charge in [0.25, 0.3) is 5.91 Å². The van der Waals surface area contributed by atoms with Crippen LogP contribution in [-0.4, -0.2) is 27.9 Å². The van der Waals surface area contributed by atoms with Gasteiger partial charge in [0.05, 0.1) is 28.2 Å². The molecule has 0 aliphatic rings. The topological polar surface area (TPSA) is 99.8 Å². The van der Waals surface area contributed by atoms with Gasteiger partial charge in [-0.05, 0) is 54.1 Å². The number of halogens is 1. The highest BCUT2D eigenvalue weighted by atomic mass is 35.5. The number of nitrogens with zero attached hydrogens (tertiary/aromatic N) is 2. The minimum atomic E-state index is -0.237. The Morgan fingerprint density at radius 1 is 0.925 bits per heavy atom. The first-order chi connectivity index (χ1) is 19.5. The molecular formula is C32H24ClN5O2. The molecular weight excluding hydrogens is 522 g/mol. The Morgan fingerprint density at radius 3 is 2.50 bits per heavy atom. The molecule has 40 heavy (non-hydrogen) atoms. The molecule has 196 valence electrons. The van der Waals surface area contributed by atoms with Crippen LogP contribution in [0.2, 0.25) is 5.02 Å². The quantitative estimate of drug-likeness (QED) is 0.224. The molecule has 0 spiro atoms. The molecule has 0 unspecified atom stereocenters. The summed E-state index contributed by atoms with van der Waals surface area (Å²) in [4.78, 5) is 38.5. The lowest BCUT2D eigenvalue weighted by Gasteiger charge is -2.14. The van der Waals surface area contributed by atoms with Crippen LogP contribution in [0.1, 0.15) is 16.1 Å². The molecule has 3 heterocycles. The average molecular weight is 546 g/mol. The lowest BCUT2D eigenvalue weighted by atomic mass is 9.96. The number of hydrogen-bond acceptors (Lipinski definition) is 5. The SMILES string of the molecule is CNc1ccc(C(=O)NCc2cc(=O)c3cc(-c4cc(Cl)c5ncccc5c4)c(-c4ccccc4)nc3[nH]2)cc1. The van der Waals surface area contributed by atoms with Crippen LogP contribution in [0.15, 0.2) is 102 Å². The lowest BCUT2D eigenvalue weighted by molar-refractivity contribution is 0.0950. The van der Waals surface area contributed by atoms with Crippen LogP contribution < -0.4 is 16.1 Å². The van der Waals surface area contributed by atoms with E-state index in [0.29, 0.717) is 38.5 Å². The van der Waals surface area contributed by atoms with Crippen LogP contribution in [0.4, 0.5) is 5.69 Å². The summed E-state index contributed by atoms with van der Waals surface area (Å²) in [6, 6.07) is 28.0. The third kappa shape index (κ3) is 4.90. The number of fused-ring (bicyclic) bond motifs is 2. The molecule has 0 radical (unpaired) electrons. The predicted molar refractivity (Wildman–Crippen MR) is 161 cm³/mol. The van der Waals surface area contributed by atoms with Crippen molar-refractivity contribution < 1.29 is 4.79 Å². The minimum Gasteiger partial charge on any atom is -0.388 e. The van der Waals surface area contributed by atoms with E-state index in [-0.39, 0.29) is 17.9 Å². The van der Waals surface area contributed by atoms with Crippen molar-refractivity contribution in [2.75, 3.05) is 12.4 Å². The van der Waals surface area contributed by atoms with Crippen molar-refractivity contribution in [3.05, 3.63) is 124 Å². The van der Waals surface area contributed by atoms with Crippen molar-refractivity contribution in [3.63, 3.8) is 0 Å². The Balaban J connectivity index is 1.41. The molecule has 0 atom stereocenters. The molecule has 0 bridgehead atoms. The van der Waals surface area contributed by atoms with Crippen molar-refractivity contribution in [1.82, 2.24) is 20.3 Å². The first-order valence-corrected chi connectivity index (χ1v) is 13.1. The maximum Gasteiger partial charge on any atom is 0.251 e. The Labute approximate surface area is 234 Å². The van der Waals surface area contributed by atoms with Gasteiger partial charge in [0, 0.05) is 52.8 Å². The van der Waals surface area contributed by atoms with Gasteiger partial charge in [-0.25, -0.2) is 4.98 Å². The zero-order chi connectivity index (χ0) is 27.6. The summed E-state index contributed by atoms with van der Waals surface area (Å²) in [5.41, 5.74) is 6.16. The second-order valence-electron chi connectivity index (χ2n) is 9.35. The van der Waals surface area contributed by atoms with Crippen LogP contribution in [0.3, 0.4) is 0 Å². The van der Waals surface area contributed by atoms with E-state index in [9.17, 15) is 9.59 Å². The number of carbonyl (C=O) groups is 1. The smallest absolute Gasteiger partial charge is 0.251 e. The molecule has 0 fully saturated rings. The monoisotopic (exact) mass is 545 g/mol. The number of pyridine rings is 3. The number of aromatic nitrogens is 3. The second kappa shape index (κ2) is 10.6. The molecule has 0 aliphatic heterocycles. The van der Waals surface area contributed by atoms with Crippen LogP contribution >= 0.6 is 11.6 Å². The number of rotatable bonds is 6. The molecule has 6 rings (SSSR count). The second-order valence-corrected chi connectivity index (χ2v) is 9.76. The van der Waals surface area contributed by atoms with E-state index in [0.717, 1.165) is 27.8 Å². The third-order valence-corrected chi connectivity index (χ3v) is 7.05. The van der Waals surface area contributed by atoms with E-state index in [4.69, 9.17) is 16.6 Å². The van der Waals surface area contributed by atoms with E-state index in [1.165, 1.54) is 6.07 Å². The fourth-order valence-corrected chi connectivity index (χ4v) is 5.00. The molecule has 3 N–H and O–H groups in total. The maximum atomic E-state index is 13.3. The van der Waals surface area contributed by atoms with Crippen molar-refractivity contribution in [2.24, 2.45) is 0 Å². The molecule has 1 amide bonds. The Bertz CT molecular complexity index is 1940. The fourth-order valence-electron chi connectivity index (χ4n) is 4.72. The summed E-state index contributed by atoms with van der Waals surface area (Å²) in [6.45, 7) is 0.148. The fraction of sp³-hybridized carbons (Fsp3) is 0.0625. The summed E-state index contributed by atoms with van der Waals surface area (Å²) in [5, 5.41) is 7.76. The van der Waals surface area contributed by atoms with E-state index < -0.39 is 0 Å². The van der Waals surface area contributed by atoms with Gasteiger partial charge in [-0.15, -0.1) is 0 Å². The number of anilines is 1. The van der Waals surface area contributed by atoms with Crippen LogP contribution in [0.5, 0.6) is 0 Å². The molecule has 6 aromatic rings. The summed E-state index contributed by atoms with van der Waals surface area (Å²) in [5.74, 6) is -0.237. The van der Waals surface area contributed by atoms with Crippen molar-refractivity contribution >= 4 is 45.1 Å². The van der Waals surface area contributed by atoms with Gasteiger partial charge in [0.1, 0.15) is 5.65 Å². The Hall–Kier alpha value is -5.01. The van der Waals surface area contributed by atoms with Gasteiger partial charge in [-0.3, -0.25) is 14.6 Å². The molecule has 8 heteroatoms. The first kappa shape index (κ1) is 25.3. The van der Waals surface area contributed by atoms with E-state index in [1.54, 1.807) is 18.3 Å². The highest BCUT2D eigenvalue weighted by Crippen LogP contribution is 2.36. The lowest BCUT2D eigenvalue weighted by Crippen LogP contribution is -2.24. The number of nitrogens with one attached hydrogen (secondary N) is 3. The molecule has 0 saturated carbocycles. The summed E-state index contributed by atoms with van der Waals surface area (Å²) in [7, 11) is 1.82. The summed E-state index contributed by atoms with van der Waals surface area (Å²) < 4.78 is 0. The van der Waals surface area contributed by atoms with Gasteiger partial charge in [-0.1, -0.05) is 48.0 Å². The highest BCUT2D eigenvalue weighted by molar-refractivity contribution is 6.35. The van der Waals surface area contributed by atoms with Crippen molar-refractivity contribution in [2.45, 2.75) is 6.54 Å². The molecule has 3 aromatic heterocycles. The van der Waals surface area contributed by atoms with Crippen molar-refractivity contribution in [3.8, 4) is 22.4 Å². The maximum absolute atomic E-state index is 13.3. The number of carbonyl (C=O) groups excluding carboxylic acids is 1. The molecule has 7 nitrogen and oxygen atoms in total. The van der Waals surface area contributed by atoms with Gasteiger partial charge in [0.2, 0.25) is 0 Å². The number of H-pyrrole nitrogens is 1. The average Bonchev–Trinajstić information content (AvgIpc) is 3.00. The standard InChI is InChI=1S/C32H24ClN5O2/c1-34-23-11-9-20(10-12-23)32(40)36-18-24-16-28(39)26-17-25(22-14-21-8-5-13-35-30(21)27(33)15-22)29(38-31(26)37-24)19-6-3-2-4-7-19/h2-17,34H,18H2,1H3,(H,36,40)(H,37,38,39). The molecule has 0 aliphatic carbocycles. The zero-order valence-corrected chi connectivity index (χ0v) is 22.3. The van der Waals surface area contributed by atoms with E-state index in [1.807, 2.05) is 79.8 Å². The molecule has 0 saturated heterocycles. The summed E-state index contributed by atoms with van der Waals surface area (Å²) in [6.07, 6.45) is 1.71. The normalized spacial score (nSPS) is 11.1. The number of benzene rings is 3. The van der Waals surface area contributed by atoms with Crippen molar-refractivity contribution in [1.29, 1.82) is 0 Å². The molecule has 3 aromatic carbocycles.